The summed E-state index contributed by atoms with van der Waals surface area (Å²) in [7, 11) is 0. The number of carboxylic acids is 1. The monoisotopic (exact) mass is 244 g/mol. The Morgan fingerprint density at radius 1 is 1.53 bits per heavy atom. The second-order valence-corrected chi connectivity index (χ2v) is 3.29. The summed E-state index contributed by atoms with van der Waals surface area (Å²) in [5, 5.41) is 12.1. The average molecular weight is 244 g/mol. The van der Waals surface area contributed by atoms with Crippen molar-refractivity contribution in [3.8, 4) is 0 Å². The first kappa shape index (κ1) is 13.6. The summed E-state index contributed by atoms with van der Waals surface area (Å²) in [5.74, 6) is -0.326. The van der Waals surface area contributed by atoms with Crippen LogP contribution in [0.2, 0.25) is 0 Å². The van der Waals surface area contributed by atoms with Crippen LogP contribution in [0.1, 0.15) is 38.1 Å². The summed E-state index contributed by atoms with van der Waals surface area (Å²) in [5.41, 5.74) is 0. The van der Waals surface area contributed by atoms with E-state index in [2.05, 4.69) is 10.1 Å². The van der Waals surface area contributed by atoms with Crippen molar-refractivity contribution in [3.63, 3.8) is 0 Å². The van der Waals surface area contributed by atoms with Gasteiger partial charge < -0.3 is 19.1 Å². The van der Waals surface area contributed by atoms with Crippen LogP contribution in [-0.4, -0.2) is 34.4 Å². The van der Waals surface area contributed by atoms with Crippen LogP contribution in [0.5, 0.6) is 0 Å². The number of hydrogen-bond acceptors (Lipinski definition) is 6. The van der Waals surface area contributed by atoms with Gasteiger partial charge >= 0.3 is 5.97 Å². The highest BCUT2D eigenvalue weighted by Gasteiger charge is 2.16. The predicted octanol–water partition coefficient (Wildman–Crippen LogP) is 1.16. The molecule has 0 saturated carbocycles. The molecule has 1 aromatic rings. The maximum Gasteiger partial charge on any atom is 0.329 e. The van der Waals surface area contributed by atoms with Crippen molar-refractivity contribution in [1.82, 2.24) is 10.1 Å². The van der Waals surface area contributed by atoms with Gasteiger partial charge in [-0.05, 0) is 13.3 Å². The van der Waals surface area contributed by atoms with Crippen LogP contribution < -0.4 is 0 Å². The van der Waals surface area contributed by atoms with Gasteiger partial charge in [0.15, 0.2) is 0 Å². The summed E-state index contributed by atoms with van der Waals surface area (Å²) < 4.78 is 15.2. The molecule has 0 aliphatic heterocycles. The molecule has 1 unspecified atom stereocenters. The van der Waals surface area contributed by atoms with Crippen LogP contribution in [0.15, 0.2) is 4.52 Å². The van der Waals surface area contributed by atoms with E-state index in [4.69, 9.17) is 19.1 Å². The van der Waals surface area contributed by atoms with Crippen LogP contribution in [0.4, 0.5) is 0 Å². The first-order valence-corrected chi connectivity index (χ1v) is 5.41. The maximum atomic E-state index is 10.2. The van der Waals surface area contributed by atoms with Gasteiger partial charge in [-0.1, -0.05) is 12.1 Å². The molecule has 0 aromatic carbocycles. The Hall–Kier alpha value is -1.47. The summed E-state index contributed by atoms with van der Waals surface area (Å²) in [4.78, 5) is 14.3. The zero-order valence-corrected chi connectivity index (χ0v) is 9.88. The van der Waals surface area contributed by atoms with E-state index < -0.39 is 5.97 Å². The first-order chi connectivity index (χ1) is 8.17. The van der Waals surface area contributed by atoms with Crippen molar-refractivity contribution < 1.29 is 23.9 Å². The van der Waals surface area contributed by atoms with Gasteiger partial charge in [0.1, 0.15) is 19.3 Å². The highest BCUT2D eigenvalue weighted by Crippen LogP contribution is 2.17. The lowest BCUT2D eigenvalue weighted by atomic mass is 10.2. The fourth-order valence-electron chi connectivity index (χ4n) is 1.26. The van der Waals surface area contributed by atoms with Gasteiger partial charge in [-0.2, -0.15) is 4.98 Å². The summed E-state index contributed by atoms with van der Waals surface area (Å²) in [6.07, 6.45) is 0.542. The smallest absolute Gasteiger partial charge is 0.329 e. The van der Waals surface area contributed by atoms with Crippen LogP contribution in [0, 0.1) is 0 Å². The van der Waals surface area contributed by atoms with Crippen molar-refractivity contribution in [1.29, 1.82) is 0 Å². The average Bonchev–Trinajstić information content (AvgIpc) is 2.74. The van der Waals surface area contributed by atoms with E-state index in [1.807, 2.05) is 13.8 Å². The summed E-state index contributed by atoms with van der Waals surface area (Å²) in [6, 6.07) is 0. The molecule has 0 amide bonds. The molecule has 0 saturated heterocycles. The van der Waals surface area contributed by atoms with Gasteiger partial charge in [0.05, 0.1) is 0 Å². The highest BCUT2D eigenvalue weighted by molar-refractivity contribution is 5.67. The molecule has 1 atom stereocenters. The first-order valence-electron chi connectivity index (χ1n) is 5.41. The zero-order chi connectivity index (χ0) is 12.7. The van der Waals surface area contributed by atoms with E-state index in [0.717, 1.165) is 6.42 Å². The minimum atomic E-state index is -1.04. The maximum absolute atomic E-state index is 10.2. The second kappa shape index (κ2) is 6.97. The van der Waals surface area contributed by atoms with Crippen LogP contribution in [-0.2, 0) is 20.9 Å². The molecule has 0 spiro atoms. The lowest BCUT2D eigenvalue weighted by Gasteiger charge is -2.09. The van der Waals surface area contributed by atoms with Gasteiger partial charge in [0, 0.05) is 6.61 Å². The highest BCUT2D eigenvalue weighted by atomic mass is 16.5. The topological polar surface area (TPSA) is 94.7 Å². The molecule has 17 heavy (non-hydrogen) atoms. The Labute approximate surface area is 98.7 Å². The molecular weight excluding hydrogens is 228 g/mol. The Morgan fingerprint density at radius 2 is 2.29 bits per heavy atom. The van der Waals surface area contributed by atoms with E-state index in [1.54, 1.807) is 0 Å². The normalized spacial score (nSPS) is 12.6. The minimum absolute atomic E-state index is 0.0120. The molecule has 0 fully saturated rings. The minimum Gasteiger partial charge on any atom is -0.480 e. The standard InChI is InChI=1S/C10H16N2O5/c1-3-7(16-4-2)10-11-8(17-12-10)5-15-6-9(13)14/h7H,3-6H2,1-2H3,(H,13,14). The molecule has 1 N–H and O–H groups in total. The third kappa shape index (κ3) is 4.49. The molecule has 1 aromatic heterocycles. The molecule has 0 bridgehead atoms. The van der Waals surface area contributed by atoms with Gasteiger partial charge in [0.2, 0.25) is 5.82 Å². The number of carbonyl (C=O) groups is 1. The molecule has 0 radical (unpaired) electrons. The molecule has 0 aliphatic rings. The number of hydrogen-bond donors (Lipinski definition) is 1. The van der Waals surface area contributed by atoms with E-state index in [-0.39, 0.29) is 25.2 Å². The van der Waals surface area contributed by atoms with Crippen molar-refractivity contribution >= 4 is 5.97 Å². The lowest BCUT2D eigenvalue weighted by molar-refractivity contribution is -0.142. The van der Waals surface area contributed by atoms with Gasteiger partial charge in [-0.15, -0.1) is 0 Å². The number of ether oxygens (including phenoxy) is 2. The van der Waals surface area contributed by atoms with E-state index >= 15 is 0 Å². The third-order valence-corrected chi connectivity index (χ3v) is 1.96. The quantitative estimate of drug-likeness (QED) is 0.733. The largest absolute Gasteiger partial charge is 0.480 e. The predicted molar refractivity (Wildman–Crippen MR) is 56.2 cm³/mol. The fourth-order valence-corrected chi connectivity index (χ4v) is 1.26. The number of aromatic nitrogens is 2. The molecule has 7 nitrogen and oxygen atoms in total. The Balaban J connectivity index is 2.48. The second-order valence-electron chi connectivity index (χ2n) is 3.29. The number of nitrogens with zero attached hydrogens (tertiary/aromatic N) is 2. The fraction of sp³-hybridized carbons (Fsp3) is 0.700. The Bertz CT molecular complexity index is 352. The van der Waals surface area contributed by atoms with Crippen molar-refractivity contribution in [3.05, 3.63) is 11.7 Å². The SMILES string of the molecule is CCOC(CC)c1noc(COCC(=O)O)n1. The number of rotatable bonds is 8. The number of aliphatic carboxylic acids is 1. The van der Waals surface area contributed by atoms with E-state index in [0.29, 0.717) is 12.4 Å². The molecule has 96 valence electrons. The van der Waals surface area contributed by atoms with Crippen LogP contribution >= 0.6 is 0 Å². The number of carboxylic acid groups (broad SMARTS) is 1. The van der Waals surface area contributed by atoms with Gasteiger partial charge in [-0.25, -0.2) is 4.79 Å². The third-order valence-electron chi connectivity index (χ3n) is 1.96. The van der Waals surface area contributed by atoms with Crippen LogP contribution in [0.3, 0.4) is 0 Å². The van der Waals surface area contributed by atoms with Gasteiger partial charge in [-0.3, -0.25) is 0 Å². The molecular formula is C10H16N2O5. The van der Waals surface area contributed by atoms with Crippen molar-refractivity contribution in [2.24, 2.45) is 0 Å². The van der Waals surface area contributed by atoms with Crippen LogP contribution in [0.25, 0.3) is 0 Å². The summed E-state index contributed by atoms with van der Waals surface area (Å²) >= 11 is 0. The van der Waals surface area contributed by atoms with E-state index in [9.17, 15) is 4.79 Å². The molecule has 0 aliphatic carbocycles. The molecule has 1 heterocycles. The zero-order valence-electron chi connectivity index (χ0n) is 9.88. The van der Waals surface area contributed by atoms with Gasteiger partial charge in [0.25, 0.3) is 5.89 Å². The molecule has 7 heteroatoms. The summed E-state index contributed by atoms with van der Waals surface area (Å²) in [6.45, 7) is 4.01. The molecule has 1 rings (SSSR count). The van der Waals surface area contributed by atoms with E-state index in [1.165, 1.54) is 0 Å². The van der Waals surface area contributed by atoms with Crippen molar-refractivity contribution in [2.45, 2.75) is 33.0 Å². The Morgan fingerprint density at radius 3 is 2.88 bits per heavy atom. The Kier molecular flexibility index (Phi) is 5.58. The lowest BCUT2D eigenvalue weighted by Crippen LogP contribution is -2.07. The van der Waals surface area contributed by atoms with Crippen molar-refractivity contribution in [2.75, 3.05) is 13.2 Å².